The van der Waals surface area contributed by atoms with Crippen molar-refractivity contribution < 1.29 is 4.74 Å². The molecule has 0 aliphatic rings. The molecule has 1 N–H and O–H groups in total. The van der Waals surface area contributed by atoms with E-state index in [0.717, 1.165) is 18.0 Å². The van der Waals surface area contributed by atoms with Gasteiger partial charge in [-0.2, -0.15) is 0 Å². The van der Waals surface area contributed by atoms with E-state index in [0.29, 0.717) is 5.02 Å². The van der Waals surface area contributed by atoms with Crippen LogP contribution in [0.15, 0.2) is 24.3 Å². The van der Waals surface area contributed by atoms with Crippen molar-refractivity contribution in [3.63, 3.8) is 0 Å². The van der Waals surface area contributed by atoms with E-state index in [9.17, 15) is 0 Å². The number of aryl methyl sites for hydroxylation is 2. The highest BCUT2D eigenvalue weighted by molar-refractivity contribution is 7.12. The molecule has 0 amide bonds. The lowest BCUT2D eigenvalue weighted by molar-refractivity contribution is 0.415. The first-order valence-electron chi connectivity index (χ1n) is 5.73. The van der Waals surface area contributed by atoms with E-state index < -0.39 is 0 Å². The van der Waals surface area contributed by atoms with E-state index in [2.05, 4.69) is 25.2 Å². The second-order valence-electron chi connectivity index (χ2n) is 4.14. The molecule has 4 heteroatoms. The van der Waals surface area contributed by atoms with E-state index in [1.54, 1.807) is 7.11 Å². The lowest BCUT2D eigenvalue weighted by Crippen LogP contribution is -2.00. The maximum absolute atomic E-state index is 6.15. The lowest BCUT2D eigenvalue weighted by Gasteiger charge is -2.10. The monoisotopic (exact) mass is 281 g/mol. The number of rotatable bonds is 4. The summed E-state index contributed by atoms with van der Waals surface area (Å²) in [5, 5.41) is 4.06. The van der Waals surface area contributed by atoms with Crippen LogP contribution in [0, 0.1) is 13.8 Å². The minimum atomic E-state index is 0.709. The number of hydrogen-bond acceptors (Lipinski definition) is 3. The van der Waals surface area contributed by atoms with Gasteiger partial charge in [0, 0.05) is 22.4 Å². The minimum absolute atomic E-state index is 0.709. The number of ether oxygens (including phenoxy) is 1. The molecule has 0 unspecified atom stereocenters. The molecule has 0 saturated carbocycles. The number of anilines is 1. The van der Waals surface area contributed by atoms with Crippen molar-refractivity contribution in [1.29, 1.82) is 0 Å². The van der Waals surface area contributed by atoms with Gasteiger partial charge in [-0.3, -0.25) is 0 Å². The van der Waals surface area contributed by atoms with Crippen molar-refractivity contribution in [3.8, 4) is 5.75 Å². The Bertz CT molecular complexity index is 551. The number of hydrogen-bond donors (Lipinski definition) is 1. The molecule has 1 heterocycles. The summed E-state index contributed by atoms with van der Waals surface area (Å²) < 4.78 is 5.19. The Morgan fingerprint density at radius 2 is 2.06 bits per heavy atom. The fourth-order valence-electron chi connectivity index (χ4n) is 1.82. The second-order valence-corrected chi connectivity index (χ2v) is 6.01. The van der Waals surface area contributed by atoms with Gasteiger partial charge in [0.15, 0.2) is 0 Å². The van der Waals surface area contributed by atoms with Gasteiger partial charge in [-0.05, 0) is 37.6 Å². The topological polar surface area (TPSA) is 21.3 Å². The number of methoxy groups -OCH3 is 1. The van der Waals surface area contributed by atoms with Crippen LogP contribution in [0.5, 0.6) is 5.75 Å². The molecule has 0 bridgehead atoms. The first kappa shape index (κ1) is 13.2. The Kier molecular flexibility index (Phi) is 4.15. The maximum Gasteiger partial charge on any atom is 0.121 e. The molecule has 0 spiro atoms. The highest BCUT2D eigenvalue weighted by Gasteiger charge is 2.05. The van der Waals surface area contributed by atoms with E-state index in [-0.39, 0.29) is 0 Å². The van der Waals surface area contributed by atoms with Crippen LogP contribution in [0.4, 0.5) is 5.69 Å². The number of benzene rings is 1. The van der Waals surface area contributed by atoms with Gasteiger partial charge in [-0.1, -0.05) is 11.6 Å². The van der Waals surface area contributed by atoms with Crippen molar-refractivity contribution in [3.05, 3.63) is 44.6 Å². The zero-order valence-electron chi connectivity index (χ0n) is 10.7. The van der Waals surface area contributed by atoms with Crippen LogP contribution >= 0.6 is 22.9 Å². The summed E-state index contributed by atoms with van der Waals surface area (Å²) in [7, 11) is 1.65. The first-order chi connectivity index (χ1) is 8.60. The summed E-state index contributed by atoms with van der Waals surface area (Å²) in [4.78, 5) is 2.68. The van der Waals surface area contributed by atoms with Gasteiger partial charge in [0.2, 0.25) is 0 Å². The minimum Gasteiger partial charge on any atom is -0.497 e. The Balaban J connectivity index is 2.12. The van der Waals surface area contributed by atoms with E-state index in [1.165, 1.54) is 15.3 Å². The highest BCUT2D eigenvalue weighted by Crippen LogP contribution is 2.28. The van der Waals surface area contributed by atoms with Gasteiger partial charge in [-0.25, -0.2) is 0 Å². The van der Waals surface area contributed by atoms with Gasteiger partial charge in [-0.15, -0.1) is 11.3 Å². The Hall–Kier alpha value is -1.19. The molecular formula is C14H16ClNOS. The van der Waals surface area contributed by atoms with Crippen molar-refractivity contribution >= 4 is 28.6 Å². The molecule has 2 nitrogen and oxygen atoms in total. The molecule has 2 rings (SSSR count). The van der Waals surface area contributed by atoms with E-state index in [4.69, 9.17) is 16.3 Å². The SMILES string of the molecule is COc1ccc(Cl)c(NCc2cc(C)sc2C)c1. The van der Waals surface area contributed by atoms with Crippen molar-refractivity contribution in [1.82, 2.24) is 0 Å². The van der Waals surface area contributed by atoms with Crippen LogP contribution in [0.25, 0.3) is 0 Å². The molecule has 0 aliphatic heterocycles. The summed E-state index contributed by atoms with van der Waals surface area (Å²) in [6, 6.07) is 7.82. The molecule has 0 radical (unpaired) electrons. The molecule has 1 aromatic heterocycles. The van der Waals surface area contributed by atoms with Gasteiger partial charge >= 0.3 is 0 Å². The van der Waals surface area contributed by atoms with E-state index in [1.807, 2.05) is 29.5 Å². The van der Waals surface area contributed by atoms with Gasteiger partial charge in [0.05, 0.1) is 17.8 Å². The predicted molar refractivity (Wildman–Crippen MR) is 79.1 cm³/mol. The predicted octanol–water partition coefficient (Wildman–Crippen LogP) is 4.64. The normalized spacial score (nSPS) is 10.4. The first-order valence-corrected chi connectivity index (χ1v) is 6.93. The Labute approximate surface area is 117 Å². The average Bonchev–Trinajstić information content (AvgIpc) is 2.67. The largest absolute Gasteiger partial charge is 0.497 e. The molecular weight excluding hydrogens is 266 g/mol. The van der Waals surface area contributed by atoms with Crippen molar-refractivity contribution in [2.24, 2.45) is 0 Å². The van der Waals surface area contributed by atoms with Gasteiger partial charge in [0.25, 0.3) is 0 Å². The smallest absolute Gasteiger partial charge is 0.121 e. The molecule has 2 aromatic rings. The van der Waals surface area contributed by atoms with Gasteiger partial charge in [0.1, 0.15) is 5.75 Å². The lowest BCUT2D eigenvalue weighted by atomic mass is 10.2. The maximum atomic E-state index is 6.15. The molecule has 1 aromatic carbocycles. The highest BCUT2D eigenvalue weighted by atomic mass is 35.5. The van der Waals surface area contributed by atoms with Crippen LogP contribution < -0.4 is 10.1 Å². The third-order valence-corrected chi connectivity index (χ3v) is 4.12. The molecule has 18 heavy (non-hydrogen) atoms. The van der Waals surface area contributed by atoms with Crippen LogP contribution in [-0.4, -0.2) is 7.11 Å². The standard InChI is InChI=1S/C14H16ClNOS/c1-9-6-11(10(2)18-9)8-16-14-7-12(17-3)4-5-13(14)15/h4-7,16H,8H2,1-3H3. The number of halogens is 1. The summed E-state index contributed by atoms with van der Waals surface area (Å²) in [5.74, 6) is 0.806. The molecule has 0 aliphatic carbocycles. The number of thiophene rings is 1. The van der Waals surface area contributed by atoms with E-state index >= 15 is 0 Å². The fourth-order valence-corrected chi connectivity index (χ4v) is 2.95. The van der Waals surface area contributed by atoms with Crippen LogP contribution in [0.2, 0.25) is 5.02 Å². The van der Waals surface area contributed by atoms with Gasteiger partial charge < -0.3 is 10.1 Å². The zero-order valence-corrected chi connectivity index (χ0v) is 12.3. The second kappa shape index (κ2) is 5.63. The number of nitrogens with one attached hydrogen (secondary N) is 1. The summed E-state index contributed by atoms with van der Waals surface area (Å²) in [5.41, 5.74) is 2.22. The van der Waals surface area contributed by atoms with Crippen LogP contribution in [-0.2, 0) is 6.54 Å². The zero-order chi connectivity index (χ0) is 13.1. The molecule has 96 valence electrons. The molecule has 0 fully saturated rings. The van der Waals surface area contributed by atoms with Crippen molar-refractivity contribution in [2.45, 2.75) is 20.4 Å². The summed E-state index contributed by atoms with van der Waals surface area (Å²) in [6.45, 7) is 5.05. The third kappa shape index (κ3) is 2.98. The molecule has 0 saturated heterocycles. The summed E-state index contributed by atoms with van der Waals surface area (Å²) >= 11 is 7.97. The quantitative estimate of drug-likeness (QED) is 0.881. The summed E-state index contributed by atoms with van der Waals surface area (Å²) in [6.07, 6.45) is 0. The van der Waals surface area contributed by atoms with Crippen LogP contribution in [0.3, 0.4) is 0 Å². The Morgan fingerprint density at radius 3 is 2.67 bits per heavy atom. The van der Waals surface area contributed by atoms with Crippen LogP contribution in [0.1, 0.15) is 15.3 Å². The average molecular weight is 282 g/mol. The van der Waals surface area contributed by atoms with Crippen molar-refractivity contribution in [2.75, 3.05) is 12.4 Å². The fraction of sp³-hybridized carbons (Fsp3) is 0.286. The molecule has 0 atom stereocenters. The Morgan fingerprint density at radius 1 is 1.28 bits per heavy atom. The third-order valence-electron chi connectivity index (χ3n) is 2.79.